The Morgan fingerprint density at radius 2 is 1.83 bits per heavy atom. The van der Waals surface area contributed by atoms with Gasteiger partial charge in [0.2, 0.25) is 5.88 Å². The van der Waals surface area contributed by atoms with Crippen LogP contribution in [-0.4, -0.2) is 34.6 Å². The van der Waals surface area contributed by atoms with Gasteiger partial charge >= 0.3 is 7.12 Å². The van der Waals surface area contributed by atoms with Gasteiger partial charge in [-0.1, -0.05) is 0 Å². The summed E-state index contributed by atoms with van der Waals surface area (Å²) in [6.07, 6.45) is 4.42. The number of rotatable bonds is 3. The van der Waals surface area contributed by atoms with Crippen molar-refractivity contribution in [2.75, 3.05) is 0 Å². The van der Waals surface area contributed by atoms with Crippen molar-refractivity contribution in [3.63, 3.8) is 0 Å². The lowest BCUT2D eigenvalue weighted by Gasteiger charge is -2.32. The lowest BCUT2D eigenvalue weighted by Crippen LogP contribution is -2.41. The van der Waals surface area contributed by atoms with Crippen molar-refractivity contribution in [2.24, 2.45) is 0 Å². The van der Waals surface area contributed by atoms with Crippen LogP contribution in [0, 0.1) is 0 Å². The summed E-state index contributed by atoms with van der Waals surface area (Å²) < 4.78 is 32.2. The summed E-state index contributed by atoms with van der Waals surface area (Å²) in [5.74, 6) is 0.515. The Bertz CT molecular complexity index is 596. The zero-order valence-electron chi connectivity index (χ0n) is 14.7. The molecule has 24 heavy (non-hydrogen) atoms. The van der Waals surface area contributed by atoms with Gasteiger partial charge in [0.05, 0.1) is 11.2 Å². The highest BCUT2D eigenvalue weighted by molar-refractivity contribution is 6.53. The number of allylic oxidation sites excluding steroid dienone is 1. The fraction of sp³-hybridized carbons (Fsp3) is 0.647. The van der Waals surface area contributed by atoms with Gasteiger partial charge in [0.25, 0.3) is 0 Å². The van der Waals surface area contributed by atoms with Crippen LogP contribution in [0.5, 0.6) is 5.88 Å². The first kappa shape index (κ1) is 17.4. The zero-order valence-corrected chi connectivity index (χ0v) is 14.7. The van der Waals surface area contributed by atoms with E-state index in [0.717, 1.165) is 18.4 Å². The monoisotopic (exact) mass is 334 g/mol. The van der Waals surface area contributed by atoms with Crippen LogP contribution in [0.1, 0.15) is 53.4 Å². The molecule has 130 valence electrons. The molecule has 0 atom stereocenters. The van der Waals surface area contributed by atoms with Gasteiger partial charge in [-0.25, -0.2) is 4.39 Å². The van der Waals surface area contributed by atoms with Crippen LogP contribution in [0.25, 0.3) is 0 Å². The molecule has 0 spiro atoms. The third kappa shape index (κ3) is 3.47. The Hall–Kier alpha value is -1.47. The molecule has 0 aromatic carbocycles. The topological polar surface area (TPSA) is 53.5 Å². The van der Waals surface area contributed by atoms with Crippen LogP contribution >= 0.6 is 0 Å². The third-order valence-corrected chi connectivity index (χ3v) is 5.17. The summed E-state index contributed by atoms with van der Waals surface area (Å²) in [5.41, 5.74) is -0.553. The lowest BCUT2D eigenvalue weighted by atomic mass is 9.79. The highest BCUT2D eigenvalue weighted by Crippen LogP contribution is 2.40. The SMILES string of the molecule is CC1(C)OB(C(F)=C2CCC(Oc3cccnn3)CC2)OC1(C)C. The van der Waals surface area contributed by atoms with Crippen LogP contribution in [0.3, 0.4) is 0 Å². The van der Waals surface area contributed by atoms with Crippen LogP contribution < -0.4 is 4.74 Å². The standard InChI is InChI=1S/C17H24BFN2O3/c1-16(2)17(3,4)24-18(23-16)15(19)12-7-9-13(10-8-12)22-14-6-5-11-20-21-14/h5-6,11,13H,7-10H2,1-4H3. The molecule has 1 aromatic heterocycles. The Balaban J connectivity index is 1.60. The van der Waals surface area contributed by atoms with E-state index in [1.807, 2.05) is 27.7 Å². The molecule has 1 aromatic rings. The number of ether oxygens (including phenoxy) is 1. The van der Waals surface area contributed by atoms with E-state index in [-0.39, 0.29) is 11.8 Å². The fourth-order valence-corrected chi connectivity index (χ4v) is 2.93. The fourth-order valence-electron chi connectivity index (χ4n) is 2.93. The van der Waals surface area contributed by atoms with Gasteiger partial charge in [-0.15, -0.1) is 5.10 Å². The molecule has 0 amide bonds. The molecule has 0 bridgehead atoms. The molecule has 0 radical (unpaired) electrons. The minimum Gasteiger partial charge on any atom is -0.473 e. The molecule has 1 aliphatic carbocycles. The summed E-state index contributed by atoms with van der Waals surface area (Å²) in [5, 5.41) is 7.72. The molecule has 1 saturated carbocycles. The molecule has 3 rings (SSSR count). The van der Waals surface area contributed by atoms with Crippen LogP contribution in [0.2, 0.25) is 0 Å². The van der Waals surface area contributed by atoms with Crippen LogP contribution in [0.15, 0.2) is 29.6 Å². The quantitative estimate of drug-likeness (QED) is 0.790. The van der Waals surface area contributed by atoms with Crippen LogP contribution in [0.4, 0.5) is 4.39 Å². The van der Waals surface area contributed by atoms with Crippen molar-refractivity contribution >= 4 is 7.12 Å². The highest BCUT2D eigenvalue weighted by atomic mass is 19.1. The molecule has 2 fully saturated rings. The van der Waals surface area contributed by atoms with Gasteiger partial charge in [-0.05, 0) is 65.0 Å². The maximum absolute atomic E-state index is 14.8. The summed E-state index contributed by atoms with van der Waals surface area (Å²) >= 11 is 0. The largest absolute Gasteiger partial charge is 0.525 e. The minimum absolute atomic E-state index is 0.0385. The van der Waals surface area contributed by atoms with E-state index < -0.39 is 18.3 Å². The first-order chi connectivity index (χ1) is 11.3. The van der Waals surface area contributed by atoms with E-state index in [2.05, 4.69) is 10.2 Å². The van der Waals surface area contributed by atoms with Crippen molar-refractivity contribution in [3.8, 4) is 5.88 Å². The van der Waals surface area contributed by atoms with E-state index in [0.29, 0.717) is 18.7 Å². The van der Waals surface area contributed by atoms with E-state index in [9.17, 15) is 4.39 Å². The number of hydrogen-bond donors (Lipinski definition) is 0. The number of aromatic nitrogens is 2. The maximum atomic E-state index is 14.8. The van der Waals surface area contributed by atoms with Crippen molar-refractivity contribution < 1.29 is 18.4 Å². The second-order valence-corrected chi connectivity index (χ2v) is 7.42. The average Bonchev–Trinajstić information content (AvgIpc) is 2.76. The summed E-state index contributed by atoms with van der Waals surface area (Å²) in [4.78, 5) is 0. The molecular formula is C17H24BFN2O3. The Labute approximate surface area is 142 Å². The predicted molar refractivity (Wildman–Crippen MR) is 89.1 cm³/mol. The Morgan fingerprint density at radius 3 is 2.38 bits per heavy atom. The van der Waals surface area contributed by atoms with Crippen LogP contribution in [-0.2, 0) is 9.31 Å². The molecule has 2 heterocycles. The highest BCUT2D eigenvalue weighted by Gasteiger charge is 2.53. The smallest absolute Gasteiger partial charge is 0.473 e. The van der Waals surface area contributed by atoms with Crippen molar-refractivity contribution in [3.05, 3.63) is 29.6 Å². The molecule has 5 nitrogen and oxygen atoms in total. The van der Waals surface area contributed by atoms with E-state index in [4.69, 9.17) is 14.0 Å². The van der Waals surface area contributed by atoms with Gasteiger partial charge in [-0.3, -0.25) is 0 Å². The van der Waals surface area contributed by atoms with Crippen molar-refractivity contribution in [1.82, 2.24) is 10.2 Å². The second-order valence-electron chi connectivity index (χ2n) is 7.42. The molecule has 1 aliphatic heterocycles. The summed E-state index contributed by atoms with van der Waals surface area (Å²) in [6.45, 7) is 7.71. The maximum Gasteiger partial charge on any atom is 0.525 e. The molecule has 7 heteroatoms. The number of nitrogens with zero attached hydrogens (tertiary/aromatic N) is 2. The predicted octanol–water partition coefficient (Wildman–Crippen LogP) is 3.65. The Morgan fingerprint density at radius 1 is 1.21 bits per heavy atom. The van der Waals surface area contributed by atoms with Gasteiger partial charge in [0.15, 0.2) is 0 Å². The minimum atomic E-state index is -0.901. The number of halogens is 1. The summed E-state index contributed by atoms with van der Waals surface area (Å²) in [7, 11) is -0.901. The Kier molecular flexibility index (Phi) is 4.66. The summed E-state index contributed by atoms with van der Waals surface area (Å²) in [6, 6.07) is 3.57. The number of hydrogen-bond acceptors (Lipinski definition) is 5. The van der Waals surface area contributed by atoms with Gasteiger partial charge in [-0.2, -0.15) is 5.10 Å². The lowest BCUT2D eigenvalue weighted by molar-refractivity contribution is 0.00578. The average molecular weight is 334 g/mol. The second kappa shape index (κ2) is 6.45. The van der Waals surface area contributed by atoms with E-state index in [1.54, 1.807) is 18.3 Å². The molecule has 1 saturated heterocycles. The first-order valence-electron chi connectivity index (χ1n) is 8.46. The first-order valence-corrected chi connectivity index (χ1v) is 8.46. The van der Waals surface area contributed by atoms with Gasteiger partial charge in [0.1, 0.15) is 11.8 Å². The zero-order chi connectivity index (χ0) is 17.4. The van der Waals surface area contributed by atoms with Gasteiger partial charge < -0.3 is 14.0 Å². The molecule has 2 aliphatic rings. The molecule has 0 unspecified atom stereocenters. The van der Waals surface area contributed by atoms with Crippen molar-refractivity contribution in [1.29, 1.82) is 0 Å². The van der Waals surface area contributed by atoms with Crippen molar-refractivity contribution in [2.45, 2.75) is 70.7 Å². The van der Waals surface area contributed by atoms with Gasteiger partial charge in [0, 0.05) is 12.3 Å². The molecular weight excluding hydrogens is 310 g/mol. The van der Waals surface area contributed by atoms with E-state index in [1.165, 1.54) is 0 Å². The normalized spacial score (nSPS) is 25.6. The molecule has 0 N–H and O–H groups in total. The van der Waals surface area contributed by atoms with E-state index >= 15 is 0 Å². The third-order valence-electron chi connectivity index (χ3n) is 5.17.